The largest absolute Gasteiger partial charge is 0.378 e. The van der Waals surface area contributed by atoms with Gasteiger partial charge in [-0.15, -0.1) is 11.6 Å². The smallest absolute Gasteiger partial charge is 0.125 e. The second-order valence-electron chi connectivity index (χ2n) is 5.03. The molecule has 0 spiro atoms. The van der Waals surface area contributed by atoms with E-state index in [0.717, 1.165) is 30.9 Å². The van der Waals surface area contributed by atoms with Gasteiger partial charge in [-0.1, -0.05) is 0 Å². The van der Waals surface area contributed by atoms with Gasteiger partial charge in [-0.05, 0) is 25.5 Å². The van der Waals surface area contributed by atoms with Gasteiger partial charge in [0.15, 0.2) is 0 Å². The number of alkyl halides is 1. The molecule has 1 saturated heterocycles. The van der Waals surface area contributed by atoms with Crippen molar-refractivity contribution in [2.24, 2.45) is 5.92 Å². The first-order chi connectivity index (χ1) is 9.19. The van der Waals surface area contributed by atoms with E-state index in [0.29, 0.717) is 17.3 Å². The van der Waals surface area contributed by atoms with E-state index in [2.05, 4.69) is 16.5 Å². The predicted molar refractivity (Wildman–Crippen MR) is 72.8 cm³/mol. The second kappa shape index (κ2) is 5.10. The van der Waals surface area contributed by atoms with E-state index in [1.54, 1.807) is 6.07 Å². The lowest BCUT2D eigenvalue weighted by molar-refractivity contribution is 0.102. The van der Waals surface area contributed by atoms with Gasteiger partial charge >= 0.3 is 0 Å². The topological polar surface area (TPSA) is 27.1 Å². The first-order valence-electron chi connectivity index (χ1n) is 6.51. The predicted octanol–water partition coefficient (Wildman–Crippen LogP) is 3.34. The van der Waals surface area contributed by atoms with Crippen molar-refractivity contribution in [3.63, 3.8) is 0 Å². The zero-order chi connectivity index (χ0) is 13.4. The van der Waals surface area contributed by atoms with Crippen LogP contribution >= 0.6 is 11.6 Å². The van der Waals surface area contributed by atoms with Crippen LogP contribution in [0.3, 0.4) is 0 Å². The number of halogens is 2. The zero-order valence-electron chi connectivity index (χ0n) is 10.8. The molecule has 0 amide bonds. The summed E-state index contributed by atoms with van der Waals surface area (Å²) in [6.07, 6.45) is 1.30. The molecule has 2 unspecified atom stereocenters. The molecule has 1 fully saturated rings. The van der Waals surface area contributed by atoms with Crippen molar-refractivity contribution >= 4 is 22.6 Å². The van der Waals surface area contributed by atoms with Crippen molar-refractivity contribution in [3.05, 3.63) is 29.8 Å². The zero-order valence-corrected chi connectivity index (χ0v) is 11.5. The van der Waals surface area contributed by atoms with Crippen LogP contribution in [-0.2, 0) is 17.2 Å². The minimum absolute atomic E-state index is 0.251. The number of rotatable bonds is 3. The molecule has 2 atom stereocenters. The fraction of sp³-hybridized carbons (Fsp3) is 0.500. The molecule has 2 heterocycles. The highest BCUT2D eigenvalue weighted by atomic mass is 35.5. The number of hydrogen-bond donors (Lipinski definition) is 0. The summed E-state index contributed by atoms with van der Waals surface area (Å²) in [6.45, 7) is 3.73. The molecule has 0 N–H and O–H groups in total. The Kier molecular flexibility index (Phi) is 3.46. The lowest BCUT2D eigenvalue weighted by Crippen LogP contribution is -2.19. The molecule has 3 rings (SSSR count). The molecule has 1 aliphatic heterocycles. The van der Waals surface area contributed by atoms with Crippen LogP contribution in [-0.4, -0.2) is 22.3 Å². The van der Waals surface area contributed by atoms with Crippen molar-refractivity contribution in [3.8, 4) is 0 Å². The standard InChI is InChI=1S/C14H16ClFN2O/c1-9-10(4-5-19-9)8-18-13-3-2-11(16)6-12(13)17-14(18)7-15/h2-3,6,9-10H,4-5,7-8H2,1H3. The van der Waals surface area contributed by atoms with Gasteiger partial charge in [-0.25, -0.2) is 9.37 Å². The summed E-state index contributed by atoms with van der Waals surface area (Å²) in [5.74, 6) is 1.32. The number of aromatic nitrogens is 2. The molecule has 19 heavy (non-hydrogen) atoms. The fourth-order valence-electron chi connectivity index (χ4n) is 2.71. The van der Waals surface area contributed by atoms with E-state index in [-0.39, 0.29) is 11.9 Å². The van der Waals surface area contributed by atoms with E-state index < -0.39 is 0 Å². The van der Waals surface area contributed by atoms with Crippen LogP contribution in [0, 0.1) is 11.7 Å². The summed E-state index contributed by atoms with van der Waals surface area (Å²) in [4.78, 5) is 4.41. The average molecular weight is 283 g/mol. The van der Waals surface area contributed by atoms with Crippen LogP contribution in [0.4, 0.5) is 4.39 Å². The van der Waals surface area contributed by atoms with E-state index in [9.17, 15) is 4.39 Å². The van der Waals surface area contributed by atoms with Gasteiger partial charge in [0.05, 0.1) is 23.0 Å². The Balaban J connectivity index is 2.00. The summed E-state index contributed by atoms with van der Waals surface area (Å²) in [5, 5.41) is 0. The SMILES string of the molecule is CC1OCCC1Cn1c(CCl)nc2cc(F)ccc21. The second-order valence-corrected chi connectivity index (χ2v) is 5.30. The highest BCUT2D eigenvalue weighted by molar-refractivity contribution is 6.16. The van der Waals surface area contributed by atoms with Crippen LogP contribution < -0.4 is 0 Å². The molecule has 0 bridgehead atoms. The number of imidazole rings is 1. The lowest BCUT2D eigenvalue weighted by Gasteiger charge is -2.16. The van der Waals surface area contributed by atoms with Crippen molar-refractivity contribution in [2.45, 2.75) is 31.9 Å². The van der Waals surface area contributed by atoms with Gasteiger partial charge in [-0.3, -0.25) is 0 Å². The molecule has 3 nitrogen and oxygen atoms in total. The van der Waals surface area contributed by atoms with Gasteiger partial charge in [-0.2, -0.15) is 0 Å². The van der Waals surface area contributed by atoms with Gasteiger partial charge in [0.1, 0.15) is 11.6 Å². The molecular formula is C14H16ClFN2O. The maximum Gasteiger partial charge on any atom is 0.125 e. The summed E-state index contributed by atoms with van der Waals surface area (Å²) in [7, 11) is 0. The Labute approximate surface area is 116 Å². The molecule has 5 heteroatoms. The van der Waals surface area contributed by atoms with Crippen LogP contribution in [0.15, 0.2) is 18.2 Å². The van der Waals surface area contributed by atoms with E-state index in [4.69, 9.17) is 16.3 Å². The molecule has 0 saturated carbocycles. The molecule has 1 aromatic heterocycles. The summed E-state index contributed by atoms with van der Waals surface area (Å²) in [5.41, 5.74) is 1.61. The number of nitrogens with zero attached hydrogens (tertiary/aromatic N) is 2. The maximum atomic E-state index is 13.2. The number of fused-ring (bicyclic) bond motifs is 1. The molecule has 1 aliphatic rings. The normalized spacial score (nSPS) is 23.3. The Morgan fingerprint density at radius 2 is 2.37 bits per heavy atom. The van der Waals surface area contributed by atoms with Crippen molar-refractivity contribution in [1.82, 2.24) is 9.55 Å². The van der Waals surface area contributed by atoms with Crippen LogP contribution in [0.2, 0.25) is 0 Å². The quantitative estimate of drug-likeness (QED) is 0.808. The first kappa shape index (κ1) is 12.9. The number of benzene rings is 1. The Morgan fingerprint density at radius 3 is 3.05 bits per heavy atom. The van der Waals surface area contributed by atoms with Gasteiger partial charge in [0.25, 0.3) is 0 Å². The fourth-order valence-corrected chi connectivity index (χ4v) is 2.91. The number of ether oxygens (including phenoxy) is 1. The third-order valence-electron chi connectivity index (χ3n) is 3.86. The average Bonchev–Trinajstić information content (AvgIpc) is 2.94. The van der Waals surface area contributed by atoms with Crippen molar-refractivity contribution in [2.75, 3.05) is 6.61 Å². The maximum absolute atomic E-state index is 13.2. The molecule has 1 aromatic carbocycles. The first-order valence-corrected chi connectivity index (χ1v) is 7.04. The van der Waals surface area contributed by atoms with Gasteiger partial charge < -0.3 is 9.30 Å². The van der Waals surface area contributed by atoms with E-state index >= 15 is 0 Å². The lowest BCUT2D eigenvalue weighted by atomic mass is 10.0. The minimum Gasteiger partial charge on any atom is -0.378 e. The van der Waals surface area contributed by atoms with Crippen molar-refractivity contribution in [1.29, 1.82) is 0 Å². The van der Waals surface area contributed by atoms with Crippen LogP contribution in [0.25, 0.3) is 11.0 Å². The third kappa shape index (κ3) is 2.35. The molecule has 0 radical (unpaired) electrons. The molecule has 2 aromatic rings. The van der Waals surface area contributed by atoms with E-state index in [1.165, 1.54) is 12.1 Å². The molecule has 0 aliphatic carbocycles. The molecule has 102 valence electrons. The van der Waals surface area contributed by atoms with E-state index in [1.807, 2.05) is 0 Å². The Bertz CT molecular complexity index is 598. The molecular weight excluding hydrogens is 267 g/mol. The Morgan fingerprint density at radius 1 is 1.53 bits per heavy atom. The monoisotopic (exact) mass is 282 g/mol. The summed E-state index contributed by atoms with van der Waals surface area (Å²) in [6, 6.07) is 4.69. The summed E-state index contributed by atoms with van der Waals surface area (Å²) < 4.78 is 20.9. The van der Waals surface area contributed by atoms with Gasteiger partial charge in [0, 0.05) is 25.1 Å². The Hall–Kier alpha value is -1.13. The third-order valence-corrected chi connectivity index (χ3v) is 4.10. The highest BCUT2D eigenvalue weighted by Gasteiger charge is 2.26. The van der Waals surface area contributed by atoms with Crippen LogP contribution in [0.5, 0.6) is 0 Å². The van der Waals surface area contributed by atoms with Gasteiger partial charge in [0.2, 0.25) is 0 Å². The van der Waals surface area contributed by atoms with Crippen LogP contribution in [0.1, 0.15) is 19.2 Å². The van der Waals surface area contributed by atoms with Crippen molar-refractivity contribution < 1.29 is 9.13 Å². The minimum atomic E-state index is -0.268. The highest BCUT2D eigenvalue weighted by Crippen LogP contribution is 2.26. The summed E-state index contributed by atoms with van der Waals surface area (Å²) >= 11 is 5.96. The number of hydrogen-bond acceptors (Lipinski definition) is 2.